The van der Waals surface area contributed by atoms with Gasteiger partial charge in [-0.25, -0.2) is 0 Å². The number of nitrogens with two attached hydrogens (primary N) is 1. The summed E-state index contributed by atoms with van der Waals surface area (Å²) in [7, 11) is 0. The fraction of sp³-hybridized carbons (Fsp3) is 0.250. The lowest BCUT2D eigenvalue weighted by atomic mass is 9.53. The van der Waals surface area contributed by atoms with Gasteiger partial charge in [0.1, 0.15) is 0 Å². The topological polar surface area (TPSA) is 35.2 Å². The Kier molecular flexibility index (Phi) is 5.71. The zero-order valence-electron chi connectivity index (χ0n) is 12.2. The molecule has 0 amide bonds. The monoisotopic (exact) mass is 321 g/mol. The average Bonchev–Trinajstić information content (AvgIpc) is 2.42. The van der Waals surface area contributed by atoms with E-state index in [0.29, 0.717) is 13.2 Å². The summed E-state index contributed by atoms with van der Waals surface area (Å²) >= 11 is 12.1. The van der Waals surface area contributed by atoms with Gasteiger partial charge in [-0.05, 0) is 49.0 Å². The van der Waals surface area contributed by atoms with Gasteiger partial charge in [-0.1, -0.05) is 46.5 Å². The molecule has 2 rings (SSSR count). The smallest absolute Gasteiger partial charge is 0.362 e. The minimum absolute atomic E-state index is 0.164. The molecule has 5 heteroatoms. The second-order valence-corrected chi connectivity index (χ2v) is 5.91. The van der Waals surface area contributed by atoms with Crippen molar-refractivity contribution in [1.82, 2.24) is 0 Å². The molecular formula is C16H18BCl2NO. The highest BCUT2D eigenvalue weighted by atomic mass is 35.5. The van der Waals surface area contributed by atoms with Gasteiger partial charge in [-0.3, -0.25) is 0 Å². The first-order valence-corrected chi connectivity index (χ1v) is 7.62. The Morgan fingerprint density at radius 3 is 1.81 bits per heavy atom. The van der Waals surface area contributed by atoms with Gasteiger partial charge in [0.25, 0.3) is 0 Å². The Morgan fingerprint density at radius 1 is 0.952 bits per heavy atom. The number of halogens is 2. The maximum atomic E-state index is 6.05. The third-order valence-corrected chi connectivity index (χ3v) is 3.90. The summed E-state index contributed by atoms with van der Waals surface area (Å²) in [6, 6.07) is 11.7. The van der Waals surface area contributed by atoms with Crippen molar-refractivity contribution >= 4 is 41.0 Å². The van der Waals surface area contributed by atoms with E-state index in [2.05, 4.69) is 0 Å². The largest absolute Gasteiger partial charge is 0.426 e. The second-order valence-electron chi connectivity index (χ2n) is 5.04. The van der Waals surface area contributed by atoms with Gasteiger partial charge in [0, 0.05) is 23.2 Å². The van der Waals surface area contributed by atoms with Crippen LogP contribution < -0.4 is 16.7 Å². The van der Waals surface area contributed by atoms with Gasteiger partial charge in [0.05, 0.1) is 0 Å². The molecule has 0 heterocycles. The lowest BCUT2D eigenvalue weighted by molar-refractivity contribution is 0.344. The van der Waals surface area contributed by atoms with Gasteiger partial charge in [-0.15, -0.1) is 0 Å². The van der Waals surface area contributed by atoms with Crippen molar-refractivity contribution in [3.05, 3.63) is 57.6 Å². The summed E-state index contributed by atoms with van der Waals surface area (Å²) < 4.78 is 5.99. The van der Waals surface area contributed by atoms with Gasteiger partial charge in [0.2, 0.25) is 0 Å². The van der Waals surface area contributed by atoms with Crippen LogP contribution in [0.3, 0.4) is 0 Å². The maximum Gasteiger partial charge on any atom is 0.362 e. The number of hydrogen-bond donors (Lipinski definition) is 1. The van der Waals surface area contributed by atoms with Gasteiger partial charge >= 0.3 is 6.92 Å². The summed E-state index contributed by atoms with van der Waals surface area (Å²) in [5.41, 5.74) is 9.97. The Bertz CT molecular complexity index is 582. The molecule has 0 aromatic heterocycles. The van der Waals surface area contributed by atoms with Crippen molar-refractivity contribution in [2.24, 2.45) is 5.73 Å². The van der Waals surface area contributed by atoms with Crippen LogP contribution in [0.5, 0.6) is 0 Å². The van der Waals surface area contributed by atoms with Crippen molar-refractivity contribution < 1.29 is 4.65 Å². The van der Waals surface area contributed by atoms with Crippen LogP contribution in [0.4, 0.5) is 0 Å². The Morgan fingerprint density at radius 2 is 1.43 bits per heavy atom. The summed E-state index contributed by atoms with van der Waals surface area (Å²) in [4.78, 5) is 0. The van der Waals surface area contributed by atoms with E-state index in [1.807, 2.05) is 50.2 Å². The predicted molar refractivity (Wildman–Crippen MR) is 92.4 cm³/mol. The van der Waals surface area contributed by atoms with Crippen LogP contribution in [0.2, 0.25) is 10.0 Å². The Labute approximate surface area is 136 Å². The van der Waals surface area contributed by atoms with E-state index in [1.165, 1.54) is 0 Å². The number of benzene rings is 2. The summed E-state index contributed by atoms with van der Waals surface area (Å²) in [6.07, 6.45) is 0. The van der Waals surface area contributed by atoms with E-state index in [4.69, 9.17) is 33.6 Å². The quantitative estimate of drug-likeness (QED) is 0.859. The molecule has 2 aromatic rings. The molecule has 0 saturated carbocycles. The highest BCUT2D eigenvalue weighted by Crippen LogP contribution is 2.12. The van der Waals surface area contributed by atoms with Crippen molar-refractivity contribution in [3.63, 3.8) is 0 Å². The van der Waals surface area contributed by atoms with Crippen molar-refractivity contribution in [2.45, 2.75) is 13.8 Å². The maximum absolute atomic E-state index is 6.05. The Hall–Kier alpha value is -0.995. The van der Waals surface area contributed by atoms with Crippen LogP contribution in [0.1, 0.15) is 11.1 Å². The molecule has 2 nitrogen and oxygen atoms in total. The first-order chi connectivity index (χ1) is 10.0. The standard InChI is InChI=1S/C16H18BCl2NO/c1-11-9-13(18)3-5-15(11)17(21-8-7-20)16-6-4-14(19)10-12(16)2/h3-6,9-10H,7-8,20H2,1-2H3. The molecule has 0 spiro atoms. The lowest BCUT2D eigenvalue weighted by Gasteiger charge is -2.19. The molecule has 0 unspecified atom stereocenters. The van der Waals surface area contributed by atoms with E-state index in [1.54, 1.807) is 0 Å². The molecule has 0 atom stereocenters. The van der Waals surface area contributed by atoms with Crippen LogP contribution in [0.25, 0.3) is 0 Å². The molecule has 0 aliphatic rings. The molecule has 0 radical (unpaired) electrons. The molecule has 2 N–H and O–H groups in total. The first-order valence-electron chi connectivity index (χ1n) is 6.86. The molecule has 0 bridgehead atoms. The highest BCUT2D eigenvalue weighted by molar-refractivity contribution is 6.80. The first kappa shape index (κ1) is 16.4. The zero-order valence-corrected chi connectivity index (χ0v) is 13.7. The van der Waals surface area contributed by atoms with Crippen LogP contribution in [-0.2, 0) is 4.65 Å². The van der Waals surface area contributed by atoms with Crippen molar-refractivity contribution in [2.75, 3.05) is 13.2 Å². The fourth-order valence-electron chi connectivity index (χ4n) is 2.40. The molecule has 21 heavy (non-hydrogen) atoms. The summed E-state index contributed by atoms with van der Waals surface area (Å²) in [6.45, 7) is 4.88. The van der Waals surface area contributed by atoms with E-state index in [9.17, 15) is 0 Å². The van der Waals surface area contributed by atoms with Gasteiger partial charge in [0.15, 0.2) is 0 Å². The third kappa shape index (κ3) is 4.01. The highest BCUT2D eigenvalue weighted by Gasteiger charge is 2.24. The normalized spacial score (nSPS) is 10.7. The van der Waals surface area contributed by atoms with E-state index >= 15 is 0 Å². The molecule has 0 aliphatic carbocycles. The van der Waals surface area contributed by atoms with Gasteiger partial charge in [-0.2, -0.15) is 0 Å². The number of aryl methyl sites for hydroxylation is 2. The molecule has 110 valence electrons. The SMILES string of the molecule is Cc1cc(Cl)ccc1B(OCCN)c1ccc(Cl)cc1C. The molecule has 2 aromatic carbocycles. The number of rotatable bonds is 5. The molecule has 0 saturated heterocycles. The predicted octanol–water partition coefficient (Wildman–Crippen LogP) is 2.69. The fourth-order valence-corrected chi connectivity index (χ4v) is 2.85. The molecule has 0 aliphatic heterocycles. The molecular weight excluding hydrogens is 304 g/mol. The van der Waals surface area contributed by atoms with Gasteiger partial charge < -0.3 is 10.4 Å². The second kappa shape index (κ2) is 7.32. The minimum atomic E-state index is -0.164. The summed E-state index contributed by atoms with van der Waals surface area (Å²) in [5, 5.41) is 1.45. The zero-order chi connectivity index (χ0) is 15.4. The third-order valence-electron chi connectivity index (χ3n) is 3.43. The average molecular weight is 322 g/mol. The van der Waals surface area contributed by atoms with E-state index in [0.717, 1.165) is 32.1 Å². The van der Waals surface area contributed by atoms with Crippen LogP contribution in [0.15, 0.2) is 36.4 Å². The van der Waals surface area contributed by atoms with E-state index in [-0.39, 0.29) is 6.92 Å². The Balaban J connectivity index is 2.46. The van der Waals surface area contributed by atoms with Crippen LogP contribution in [-0.4, -0.2) is 20.1 Å². The summed E-state index contributed by atoms with van der Waals surface area (Å²) in [5.74, 6) is 0. The van der Waals surface area contributed by atoms with E-state index < -0.39 is 0 Å². The minimum Gasteiger partial charge on any atom is -0.426 e. The lowest BCUT2D eigenvalue weighted by Crippen LogP contribution is -2.48. The number of hydrogen-bond acceptors (Lipinski definition) is 2. The van der Waals surface area contributed by atoms with Crippen molar-refractivity contribution in [1.29, 1.82) is 0 Å². The van der Waals surface area contributed by atoms with Crippen LogP contribution >= 0.6 is 23.2 Å². The molecule has 0 fully saturated rings. The van der Waals surface area contributed by atoms with Crippen molar-refractivity contribution in [3.8, 4) is 0 Å². The van der Waals surface area contributed by atoms with Crippen LogP contribution in [0, 0.1) is 13.8 Å².